The molecule has 0 bridgehead atoms. The Morgan fingerprint density at radius 3 is 2.76 bits per heavy atom. The quantitative estimate of drug-likeness (QED) is 0.808. The monoisotopic (exact) mass is 348 g/mol. The summed E-state index contributed by atoms with van der Waals surface area (Å²) in [5.74, 6) is 0.826. The van der Waals surface area contributed by atoms with Crippen LogP contribution in [0.1, 0.15) is 37.4 Å². The van der Waals surface area contributed by atoms with Gasteiger partial charge in [-0.25, -0.2) is 0 Å². The molecule has 1 atom stereocenters. The molecule has 0 amide bonds. The van der Waals surface area contributed by atoms with Gasteiger partial charge < -0.3 is 10.1 Å². The summed E-state index contributed by atoms with van der Waals surface area (Å²) in [5.41, 5.74) is 2.32. The molecule has 0 aliphatic heterocycles. The maximum atomic E-state index is 5.68. The van der Waals surface area contributed by atoms with Gasteiger partial charge in [0.05, 0.1) is 18.8 Å². The largest absolute Gasteiger partial charge is 0.492 e. The normalized spacial score (nSPS) is 12.1. The second-order valence-corrected chi connectivity index (χ2v) is 5.76. The number of benzene rings is 1. The van der Waals surface area contributed by atoms with Gasteiger partial charge >= 0.3 is 0 Å². The minimum atomic E-state index is 0.116. The van der Waals surface area contributed by atoms with E-state index in [-0.39, 0.29) is 6.04 Å². The fraction of sp³-hybridized carbons (Fsp3) is 0.353. The van der Waals surface area contributed by atoms with Gasteiger partial charge in [-0.3, -0.25) is 4.98 Å². The third-order valence-corrected chi connectivity index (χ3v) is 3.62. The first kappa shape index (κ1) is 16.0. The molecule has 1 heterocycles. The molecule has 1 aromatic heterocycles. The van der Waals surface area contributed by atoms with Crippen molar-refractivity contribution in [2.24, 2.45) is 0 Å². The molecule has 21 heavy (non-hydrogen) atoms. The van der Waals surface area contributed by atoms with Gasteiger partial charge in [-0.15, -0.1) is 0 Å². The lowest BCUT2D eigenvalue weighted by Crippen LogP contribution is -2.22. The fourth-order valence-corrected chi connectivity index (χ4v) is 2.63. The molecule has 0 saturated carbocycles. The minimum Gasteiger partial charge on any atom is -0.492 e. The number of hydrogen-bond acceptors (Lipinski definition) is 3. The summed E-state index contributed by atoms with van der Waals surface area (Å²) < 4.78 is 6.76. The number of pyridine rings is 1. The van der Waals surface area contributed by atoms with Crippen molar-refractivity contribution >= 4 is 15.9 Å². The summed E-state index contributed by atoms with van der Waals surface area (Å²) in [6.45, 7) is 5.81. The van der Waals surface area contributed by atoms with Crippen molar-refractivity contribution in [2.45, 2.75) is 26.3 Å². The average Bonchev–Trinajstić information content (AvgIpc) is 2.51. The van der Waals surface area contributed by atoms with Crippen LogP contribution in [-0.4, -0.2) is 18.1 Å². The Balaban J connectivity index is 2.29. The van der Waals surface area contributed by atoms with Gasteiger partial charge in [0.2, 0.25) is 0 Å². The third kappa shape index (κ3) is 4.55. The zero-order chi connectivity index (χ0) is 15.1. The molecule has 1 unspecified atom stereocenters. The molecule has 1 aromatic carbocycles. The molecule has 2 rings (SSSR count). The Labute approximate surface area is 134 Å². The molecule has 0 fully saturated rings. The summed E-state index contributed by atoms with van der Waals surface area (Å²) >= 11 is 3.53. The molecule has 2 aromatic rings. The lowest BCUT2D eigenvalue weighted by molar-refractivity contribution is 0.315. The average molecular weight is 349 g/mol. The third-order valence-electron chi connectivity index (χ3n) is 3.13. The highest BCUT2D eigenvalue weighted by Crippen LogP contribution is 2.26. The first-order valence-electron chi connectivity index (χ1n) is 7.31. The highest BCUT2D eigenvalue weighted by Gasteiger charge is 2.14. The van der Waals surface area contributed by atoms with Crippen molar-refractivity contribution in [3.05, 3.63) is 58.3 Å². The van der Waals surface area contributed by atoms with Crippen molar-refractivity contribution in [3.63, 3.8) is 0 Å². The number of halogens is 1. The highest BCUT2D eigenvalue weighted by atomic mass is 79.9. The summed E-state index contributed by atoms with van der Waals surface area (Å²) in [5, 5.41) is 3.51. The van der Waals surface area contributed by atoms with E-state index in [4.69, 9.17) is 4.74 Å². The standard InChI is InChI=1S/C17H21BrN2O/c1-3-8-21-16-10-14(11-19-12-16)17(20-4-2)13-6-5-7-15(18)9-13/h5-7,9-12,17,20H,3-4,8H2,1-2H3. The molecule has 3 nitrogen and oxygen atoms in total. The van der Waals surface area contributed by atoms with Gasteiger partial charge in [-0.2, -0.15) is 0 Å². The van der Waals surface area contributed by atoms with Crippen molar-refractivity contribution < 1.29 is 4.74 Å². The Morgan fingerprint density at radius 1 is 1.19 bits per heavy atom. The van der Waals surface area contributed by atoms with Crippen LogP contribution < -0.4 is 10.1 Å². The Hall–Kier alpha value is -1.39. The second-order valence-electron chi connectivity index (χ2n) is 4.85. The van der Waals surface area contributed by atoms with Gasteiger partial charge in [-0.1, -0.05) is 41.9 Å². The second kappa shape index (κ2) is 8.15. The van der Waals surface area contributed by atoms with Crippen LogP contribution in [0.2, 0.25) is 0 Å². The van der Waals surface area contributed by atoms with E-state index in [0.29, 0.717) is 6.61 Å². The molecule has 0 aliphatic carbocycles. The lowest BCUT2D eigenvalue weighted by atomic mass is 10.00. The van der Waals surface area contributed by atoms with Crippen molar-refractivity contribution in [1.82, 2.24) is 10.3 Å². The van der Waals surface area contributed by atoms with Crippen LogP contribution in [0.3, 0.4) is 0 Å². The molecular formula is C17H21BrN2O. The first-order valence-corrected chi connectivity index (χ1v) is 8.10. The van der Waals surface area contributed by atoms with Crippen LogP contribution in [0.5, 0.6) is 5.75 Å². The topological polar surface area (TPSA) is 34.1 Å². The van der Waals surface area contributed by atoms with E-state index in [2.05, 4.69) is 64.3 Å². The molecule has 0 radical (unpaired) electrons. The number of aromatic nitrogens is 1. The van der Waals surface area contributed by atoms with Crippen LogP contribution in [0.4, 0.5) is 0 Å². The van der Waals surface area contributed by atoms with Gasteiger partial charge in [0.25, 0.3) is 0 Å². The molecule has 0 spiro atoms. The van der Waals surface area contributed by atoms with Gasteiger partial charge in [0.15, 0.2) is 0 Å². The van der Waals surface area contributed by atoms with Gasteiger partial charge in [0, 0.05) is 10.7 Å². The number of nitrogens with one attached hydrogen (secondary N) is 1. The van der Waals surface area contributed by atoms with Gasteiger partial charge in [-0.05, 0) is 42.3 Å². The molecular weight excluding hydrogens is 328 g/mol. The maximum absolute atomic E-state index is 5.68. The Bertz CT molecular complexity index is 574. The number of hydrogen-bond donors (Lipinski definition) is 1. The number of rotatable bonds is 7. The van der Waals surface area contributed by atoms with Crippen LogP contribution >= 0.6 is 15.9 Å². The van der Waals surface area contributed by atoms with Crippen molar-refractivity contribution in [1.29, 1.82) is 0 Å². The minimum absolute atomic E-state index is 0.116. The summed E-state index contributed by atoms with van der Waals surface area (Å²) in [6.07, 6.45) is 4.66. The van der Waals surface area contributed by atoms with Crippen LogP contribution in [0.15, 0.2) is 47.2 Å². The van der Waals surface area contributed by atoms with Crippen LogP contribution in [-0.2, 0) is 0 Å². The molecule has 0 saturated heterocycles. The highest BCUT2D eigenvalue weighted by molar-refractivity contribution is 9.10. The van der Waals surface area contributed by atoms with Crippen molar-refractivity contribution in [2.75, 3.05) is 13.2 Å². The zero-order valence-electron chi connectivity index (χ0n) is 12.5. The zero-order valence-corrected chi connectivity index (χ0v) is 14.1. The molecule has 0 aliphatic rings. The molecule has 1 N–H and O–H groups in total. The first-order chi connectivity index (χ1) is 10.2. The SMILES string of the molecule is CCCOc1cncc(C(NCC)c2cccc(Br)c2)c1. The van der Waals surface area contributed by atoms with E-state index in [1.807, 2.05) is 12.3 Å². The van der Waals surface area contributed by atoms with Crippen LogP contribution in [0, 0.1) is 0 Å². The predicted molar refractivity (Wildman–Crippen MR) is 89.7 cm³/mol. The van der Waals surface area contributed by atoms with Gasteiger partial charge in [0.1, 0.15) is 5.75 Å². The van der Waals surface area contributed by atoms with E-state index in [9.17, 15) is 0 Å². The molecule has 112 valence electrons. The lowest BCUT2D eigenvalue weighted by Gasteiger charge is -2.19. The van der Waals surface area contributed by atoms with E-state index < -0.39 is 0 Å². The predicted octanol–water partition coefficient (Wildman–Crippen LogP) is 4.33. The Morgan fingerprint density at radius 2 is 2.05 bits per heavy atom. The van der Waals surface area contributed by atoms with E-state index in [0.717, 1.165) is 28.8 Å². The Kier molecular flexibility index (Phi) is 6.21. The smallest absolute Gasteiger partial charge is 0.137 e. The summed E-state index contributed by atoms with van der Waals surface area (Å²) in [7, 11) is 0. The number of nitrogens with zero attached hydrogens (tertiary/aromatic N) is 1. The van der Waals surface area contributed by atoms with E-state index in [1.54, 1.807) is 6.20 Å². The molecule has 4 heteroatoms. The van der Waals surface area contributed by atoms with Crippen LogP contribution in [0.25, 0.3) is 0 Å². The number of ether oxygens (including phenoxy) is 1. The van der Waals surface area contributed by atoms with E-state index in [1.165, 1.54) is 5.56 Å². The van der Waals surface area contributed by atoms with Crippen molar-refractivity contribution in [3.8, 4) is 5.75 Å². The van der Waals surface area contributed by atoms with E-state index >= 15 is 0 Å². The summed E-state index contributed by atoms with van der Waals surface area (Å²) in [6, 6.07) is 10.5. The summed E-state index contributed by atoms with van der Waals surface area (Å²) in [4.78, 5) is 4.31. The fourth-order valence-electron chi connectivity index (χ4n) is 2.21. The maximum Gasteiger partial charge on any atom is 0.137 e.